The molecule has 0 amide bonds. The van der Waals surface area contributed by atoms with E-state index in [-0.39, 0.29) is 18.1 Å². The Morgan fingerprint density at radius 3 is 2.48 bits per heavy atom. The zero-order valence-corrected chi connectivity index (χ0v) is 19.6. The Morgan fingerprint density at radius 2 is 1.82 bits per heavy atom. The average Bonchev–Trinajstić information content (AvgIpc) is 2.73. The van der Waals surface area contributed by atoms with Crippen molar-refractivity contribution >= 4 is 67.0 Å². The largest absolute Gasteiger partial charge is 0.494 e. The Bertz CT molecular complexity index is 1490. The Balaban J connectivity index is 0.00000306. The molecule has 0 aliphatic heterocycles. The zero-order valence-electron chi connectivity index (χ0n) is 17.9. The maximum atomic E-state index is 11.6. The molecule has 0 spiro atoms. The quantitative estimate of drug-likeness (QED) is 0.218. The summed E-state index contributed by atoms with van der Waals surface area (Å²) in [6.45, 7) is 1.93. The fraction of sp³-hybridized carbons (Fsp3) is 0.136. The highest BCUT2D eigenvalue weighted by Crippen LogP contribution is 2.38. The van der Waals surface area contributed by atoms with Gasteiger partial charge in [-0.3, -0.25) is 14.8 Å². The number of nitro groups is 1. The highest BCUT2D eigenvalue weighted by Gasteiger charge is 2.16. The molecule has 2 N–H and O–H groups in total. The predicted octanol–water partition coefficient (Wildman–Crippen LogP) is 5.15. The van der Waals surface area contributed by atoms with Gasteiger partial charge in [0.25, 0.3) is 5.69 Å². The van der Waals surface area contributed by atoms with Gasteiger partial charge in [0.15, 0.2) is 0 Å². The molecule has 0 atom stereocenters. The minimum Gasteiger partial charge on any atom is -0.494 e. The Hall–Kier alpha value is -3.63. The van der Waals surface area contributed by atoms with Crippen LogP contribution in [0.1, 0.15) is 5.56 Å². The standard InChI is InChI=1S/C22H20N4O5S.ClH/c1-13-5-4-6-17-21(13)24-19-12-15(26(27)28)8-9-16(19)22(17)23-18-10-7-14(11-20(18)31-2)25-32(3,29)30;/h4-12,25H,1-3H3,(H,23,24);1H. The molecular weight excluding hydrogens is 468 g/mol. The van der Waals surface area contributed by atoms with Crippen molar-refractivity contribution in [2.75, 3.05) is 23.4 Å². The second kappa shape index (κ2) is 9.08. The molecule has 0 saturated heterocycles. The second-order valence-electron chi connectivity index (χ2n) is 7.33. The molecule has 9 nitrogen and oxygen atoms in total. The maximum Gasteiger partial charge on any atom is 0.271 e. The van der Waals surface area contributed by atoms with Crippen LogP contribution in [0, 0.1) is 17.0 Å². The number of halogens is 1. The number of sulfonamides is 1. The highest BCUT2D eigenvalue weighted by molar-refractivity contribution is 7.92. The van der Waals surface area contributed by atoms with E-state index in [0.29, 0.717) is 33.7 Å². The molecule has 0 radical (unpaired) electrons. The number of fused-ring (bicyclic) bond motifs is 2. The van der Waals surface area contributed by atoms with Crippen molar-refractivity contribution in [3.8, 4) is 5.75 Å². The molecular formula is C22H21ClN4O5S. The average molecular weight is 489 g/mol. The molecule has 1 heterocycles. The Morgan fingerprint density at radius 1 is 1.06 bits per heavy atom. The van der Waals surface area contributed by atoms with Gasteiger partial charge in [-0.2, -0.15) is 0 Å². The van der Waals surface area contributed by atoms with E-state index in [2.05, 4.69) is 15.0 Å². The number of nitrogens with zero attached hydrogens (tertiary/aromatic N) is 2. The van der Waals surface area contributed by atoms with E-state index in [1.807, 2.05) is 25.1 Å². The van der Waals surface area contributed by atoms with E-state index in [1.165, 1.54) is 19.2 Å². The number of benzene rings is 3. The number of anilines is 3. The van der Waals surface area contributed by atoms with Crippen LogP contribution in [-0.4, -0.2) is 31.7 Å². The van der Waals surface area contributed by atoms with Crippen molar-refractivity contribution in [2.24, 2.45) is 0 Å². The van der Waals surface area contributed by atoms with Crippen LogP contribution in [0.2, 0.25) is 0 Å². The van der Waals surface area contributed by atoms with E-state index < -0.39 is 14.9 Å². The first-order valence-electron chi connectivity index (χ1n) is 9.56. The molecule has 4 rings (SSSR count). The molecule has 3 aromatic carbocycles. The molecule has 11 heteroatoms. The molecule has 0 saturated carbocycles. The summed E-state index contributed by atoms with van der Waals surface area (Å²) in [5.74, 6) is 0.423. The van der Waals surface area contributed by atoms with E-state index in [4.69, 9.17) is 4.74 Å². The van der Waals surface area contributed by atoms with Crippen LogP contribution < -0.4 is 14.8 Å². The number of ether oxygens (including phenoxy) is 1. The lowest BCUT2D eigenvalue weighted by Gasteiger charge is -2.17. The van der Waals surface area contributed by atoms with Crippen molar-refractivity contribution < 1.29 is 18.1 Å². The smallest absolute Gasteiger partial charge is 0.271 e. The lowest BCUT2D eigenvalue weighted by Crippen LogP contribution is -2.09. The molecule has 1 aromatic heterocycles. The number of nitrogens with one attached hydrogen (secondary N) is 2. The summed E-state index contributed by atoms with van der Waals surface area (Å²) in [5, 5.41) is 16.2. The van der Waals surface area contributed by atoms with E-state index in [0.717, 1.165) is 22.7 Å². The van der Waals surface area contributed by atoms with Gasteiger partial charge in [0.05, 0.1) is 46.4 Å². The van der Waals surface area contributed by atoms with Crippen LogP contribution in [0.3, 0.4) is 0 Å². The topological polar surface area (TPSA) is 123 Å². The fourth-order valence-electron chi connectivity index (χ4n) is 3.55. The van der Waals surface area contributed by atoms with Gasteiger partial charge in [-0.1, -0.05) is 18.2 Å². The monoisotopic (exact) mass is 488 g/mol. The minimum atomic E-state index is -3.44. The van der Waals surface area contributed by atoms with E-state index in [1.54, 1.807) is 24.3 Å². The van der Waals surface area contributed by atoms with E-state index in [9.17, 15) is 18.5 Å². The number of non-ortho nitro benzene ring substituents is 1. The molecule has 0 bridgehead atoms. The summed E-state index contributed by atoms with van der Waals surface area (Å²) in [5.41, 5.74) is 3.77. The number of para-hydroxylation sites is 1. The molecule has 0 fully saturated rings. The first-order chi connectivity index (χ1) is 15.2. The van der Waals surface area contributed by atoms with Crippen LogP contribution in [0.4, 0.5) is 22.7 Å². The molecule has 0 unspecified atom stereocenters. The summed E-state index contributed by atoms with van der Waals surface area (Å²) >= 11 is 0. The van der Waals surface area contributed by atoms with Gasteiger partial charge in [0.1, 0.15) is 5.75 Å². The summed E-state index contributed by atoms with van der Waals surface area (Å²) in [6, 6.07) is 15.2. The van der Waals surface area contributed by atoms with Crippen molar-refractivity contribution in [1.29, 1.82) is 0 Å². The molecule has 4 aromatic rings. The van der Waals surface area contributed by atoms with Crippen molar-refractivity contribution in [1.82, 2.24) is 4.98 Å². The number of methoxy groups -OCH3 is 1. The number of nitro benzene ring substituents is 1. The molecule has 0 aliphatic rings. The molecule has 0 aliphatic carbocycles. The minimum absolute atomic E-state index is 0. The summed E-state index contributed by atoms with van der Waals surface area (Å²) in [7, 11) is -1.95. The third-order valence-electron chi connectivity index (χ3n) is 4.97. The summed E-state index contributed by atoms with van der Waals surface area (Å²) < 4.78 is 31.0. The van der Waals surface area contributed by atoms with E-state index >= 15 is 0 Å². The second-order valence-corrected chi connectivity index (χ2v) is 9.08. The maximum absolute atomic E-state index is 11.6. The van der Waals surface area contributed by atoms with Gasteiger partial charge in [-0.05, 0) is 30.7 Å². The summed E-state index contributed by atoms with van der Waals surface area (Å²) in [4.78, 5) is 15.5. The van der Waals surface area contributed by atoms with Gasteiger partial charge >= 0.3 is 0 Å². The highest BCUT2D eigenvalue weighted by atomic mass is 35.5. The number of hydrogen-bond donors (Lipinski definition) is 2. The molecule has 33 heavy (non-hydrogen) atoms. The SMILES string of the molecule is COc1cc(NS(C)(=O)=O)ccc1Nc1c2ccc([N+](=O)[O-])cc2nc2c(C)cccc12.Cl. The van der Waals surface area contributed by atoms with Gasteiger partial charge in [-0.25, -0.2) is 13.4 Å². The summed E-state index contributed by atoms with van der Waals surface area (Å²) in [6.07, 6.45) is 1.07. The van der Waals surface area contributed by atoms with Gasteiger partial charge in [0.2, 0.25) is 10.0 Å². The van der Waals surface area contributed by atoms with Crippen LogP contribution in [-0.2, 0) is 10.0 Å². The number of hydrogen-bond acceptors (Lipinski definition) is 7. The lowest BCUT2D eigenvalue weighted by atomic mass is 10.0. The third kappa shape index (κ3) is 4.91. The Kier molecular flexibility index (Phi) is 6.61. The normalized spacial score (nSPS) is 11.1. The van der Waals surface area contributed by atoms with Crippen molar-refractivity contribution in [2.45, 2.75) is 6.92 Å². The predicted molar refractivity (Wildman–Crippen MR) is 133 cm³/mol. The number of rotatable bonds is 6. The van der Waals surface area contributed by atoms with Crippen molar-refractivity contribution in [3.05, 3.63) is 70.3 Å². The zero-order chi connectivity index (χ0) is 23.0. The first kappa shape index (κ1) is 24.0. The van der Waals surface area contributed by atoms with Crippen LogP contribution in [0.15, 0.2) is 54.6 Å². The first-order valence-corrected chi connectivity index (χ1v) is 11.5. The fourth-order valence-corrected chi connectivity index (χ4v) is 4.11. The Labute approximate surface area is 196 Å². The van der Waals surface area contributed by atoms with Crippen LogP contribution in [0.25, 0.3) is 21.8 Å². The van der Waals surface area contributed by atoms with Gasteiger partial charge in [0, 0.05) is 29.0 Å². The number of pyridine rings is 1. The third-order valence-corrected chi connectivity index (χ3v) is 5.57. The van der Waals surface area contributed by atoms with Gasteiger partial charge < -0.3 is 10.1 Å². The van der Waals surface area contributed by atoms with Gasteiger partial charge in [-0.15, -0.1) is 12.4 Å². The van der Waals surface area contributed by atoms with Crippen LogP contribution >= 0.6 is 12.4 Å². The molecule has 172 valence electrons. The lowest BCUT2D eigenvalue weighted by molar-refractivity contribution is -0.384. The van der Waals surface area contributed by atoms with Crippen LogP contribution in [0.5, 0.6) is 5.75 Å². The van der Waals surface area contributed by atoms with Crippen molar-refractivity contribution in [3.63, 3.8) is 0 Å². The number of aryl methyl sites for hydroxylation is 1. The number of aromatic nitrogens is 1.